The Balaban J connectivity index is 1.48. The van der Waals surface area contributed by atoms with E-state index in [1.54, 1.807) is 36.6 Å². The van der Waals surface area contributed by atoms with Crippen molar-refractivity contribution in [2.45, 2.75) is 83.8 Å². The lowest BCUT2D eigenvalue weighted by molar-refractivity contribution is -0.155. The second-order valence-electron chi connectivity index (χ2n) is 12.1. The topological polar surface area (TPSA) is 131 Å². The molecule has 43 heavy (non-hydrogen) atoms. The number of amides is 3. The van der Waals surface area contributed by atoms with Crippen molar-refractivity contribution in [2.24, 2.45) is 0 Å². The number of hydrogen-bond acceptors (Lipinski definition) is 8. The van der Waals surface area contributed by atoms with Crippen molar-refractivity contribution in [3.05, 3.63) is 47.8 Å². The Hall–Kier alpha value is -4.02. The van der Waals surface area contributed by atoms with Crippen LogP contribution in [0.4, 0.5) is 4.79 Å². The average Bonchev–Trinajstić information content (AvgIpc) is 3.84. The number of piperazine rings is 1. The first-order chi connectivity index (χ1) is 20.5. The van der Waals surface area contributed by atoms with Crippen molar-refractivity contribution in [2.75, 3.05) is 32.8 Å². The molecule has 3 amide bonds. The molecule has 2 heterocycles. The molecule has 1 saturated carbocycles. The van der Waals surface area contributed by atoms with Crippen LogP contribution in [-0.2, 0) is 19.1 Å². The van der Waals surface area contributed by atoms with Gasteiger partial charge >= 0.3 is 12.1 Å². The van der Waals surface area contributed by atoms with E-state index in [1.165, 1.54) is 0 Å². The van der Waals surface area contributed by atoms with Crippen molar-refractivity contribution in [1.82, 2.24) is 25.1 Å². The fourth-order valence-corrected chi connectivity index (χ4v) is 4.76. The molecule has 2 aliphatic rings. The summed E-state index contributed by atoms with van der Waals surface area (Å²) in [6.07, 6.45) is 3.35. The summed E-state index contributed by atoms with van der Waals surface area (Å²) in [5, 5.41) is 2.85. The molecule has 0 radical (unpaired) electrons. The molecule has 232 valence electrons. The van der Waals surface area contributed by atoms with Crippen LogP contribution < -0.4 is 5.32 Å². The number of carbonyl (C=O) groups is 4. The maximum Gasteiger partial charge on any atom is 0.409 e. The van der Waals surface area contributed by atoms with Crippen LogP contribution in [-0.4, -0.2) is 88.1 Å². The minimum atomic E-state index is -0.984. The largest absolute Gasteiger partial charge is 0.460 e. The lowest BCUT2D eigenvalue weighted by atomic mass is 10.1. The van der Waals surface area contributed by atoms with Gasteiger partial charge in [-0.05, 0) is 52.5 Å². The fraction of sp³-hybridized carbons (Fsp3) is 0.562. The van der Waals surface area contributed by atoms with Gasteiger partial charge in [-0.1, -0.05) is 43.7 Å². The van der Waals surface area contributed by atoms with Crippen molar-refractivity contribution in [3.8, 4) is 11.4 Å². The molecule has 2 aromatic rings. The Morgan fingerprint density at radius 1 is 1.00 bits per heavy atom. The first-order valence-electron chi connectivity index (χ1n) is 15.2. The highest BCUT2D eigenvalue weighted by Crippen LogP contribution is 2.39. The van der Waals surface area contributed by atoms with Crippen molar-refractivity contribution < 1.29 is 28.7 Å². The zero-order chi connectivity index (χ0) is 31.0. The molecule has 4 rings (SSSR count). The minimum Gasteiger partial charge on any atom is -0.460 e. The molecule has 0 spiro atoms. The van der Waals surface area contributed by atoms with Gasteiger partial charge in [-0.3, -0.25) is 14.4 Å². The number of carbonyl (C=O) groups excluding carboxylic acids is 4. The van der Waals surface area contributed by atoms with Crippen LogP contribution in [0.3, 0.4) is 0 Å². The highest BCUT2D eigenvalue weighted by Gasteiger charge is 2.33. The summed E-state index contributed by atoms with van der Waals surface area (Å²) in [5.41, 5.74) is 1.10. The van der Waals surface area contributed by atoms with Crippen LogP contribution in [0, 0.1) is 0 Å². The smallest absolute Gasteiger partial charge is 0.409 e. The van der Waals surface area contributed by atoms with E-state index in [2.05, 4.69) is 10.3 Å². The van der Waals surface area contributed by atoms with Gasteiger partial charge in [0.25, 0.3) is 5.91 Å². The van der Waals surface area contributed by atoms with E-state index in [-0.39, 0.29) is 49.5 Å². The minimum absolute atomic E-state index is 0.0515. The summed E-state index contributed by atoms with van der Waals surface area (Å²) in [4.78, 5) is 64.7. The van der Waals surface area contributed by atoms with Crippen LogP contribution in [0.25, 0.3) is 11.4 Å². The predicted octanol–water partition coefficient (Wildman–Crippen LogP) is 4.32. The van der Waals surface area contributed by atoms with Gasteiger partial charge in [0.05, 0.1) is 6.61 Å². The molecule has 1 unspecified atom stereocenters. The fourth-order valence-electron chi connectivity index (χ4n) is 4.76. The van der Waals surface area contributed by atoms with E-state index in [9.17, 15) is 19.2 Å². The second-order valence-corrected chi connectivity index (χ2v) is 12.1. The first kappa shape index (κ1) is 31.9. The number of hydrogen-bond donors (Lipinski definition) is 1. The van der Waals surface area contributed by atoms with Crippen molar-refractivity contribution in [1.29, 1.82) is 0 Å². The van der Waals surface area contributed by atoms with Crippen LogP contribution >= 0.6 is 0 Å². The number of nitrogens with one attached hydrogen (secondary N) is 1. The van der Waals surface area contributed by atoms with Gasteiger partial charge in [0.15, 0.2) is 5.82 Å². The molecular weight excluding hydrogens is 550 g/mol. The third-order valence-corrected chi connectivity index (χ3v) is 7.24. The molecule has 2 fully saturated rings. The van der Waals surface area contributed by atoms with Crippen LogP contribution in [0.15, 0.2) is 36.4 Å². The summed E-state index contributed by atoms with van der Waals surface area (Å²) in [6.45, 7) is 8.94. The van der Waals surface area contributed by atoms with E-state index < -0.39 is 23.5 Å². The average molecular weight is 594 g/mol. The molecule has 1 saturated heterocycles. The molecule has 1 aromatic carbocycles. The number of ether oxygens (including phenoxy) is 2. The molecule has 0 bridgehead atoms. The standard InChI is InChI=1S/C32H43N5O6/c1-5-6-20-42-31(41)37-18-16-36(17-19-37)30(40)24(14-15-27(38)43-32(2,3)4)35-29(39)26-21-25(22-12-13-22)33-28(34-26)23-10-8-7-9-11-23/h7-11,21-22,24H,5-6,12-20H2,1-4H3,(H,35,39). The summed E-state index contributed by atoms with van der Waals surface area (Å²) in [5.74, 6) is -0.554. The number of unbranched alkanes of at least 4 members (excludes halogenated alkanes) is 1. The summed E-state index contributed by atoms with van der Waals surface area (Å²) in [6, 6.07) is 10.2. The number of benzene rings is 1. The lowest BCUT2D eigenvalue weighted by Crippen LogP contribution is -2.56. The molecule has 1 atom stereocenters. The normalized spacial score (nSPS) is 15.9. The molecule has 1 aliphatic carbocycles. The maximum absolute atomic E-state index is 13.7. The van der Waals surface area contributed by atoms with Gasteiger partial charge in [-0.25, -0.2) is 14.8 Å². The molecular formula is C32H43N5O6. The molecule has 11 heteroatoms. The molecule has 11 nitrogen and oxygen atoms in total. The summed E-state index contributed by atoms with van der Waals surface area (Å²) in [7, 11) is 0. The number of nitrogens with zero attached hydrogens (tertiary/aromatic N) is 4. The molecule has 1 N–H and O–H groups in total. The van der Waals surface area contributed by atoms with E-state index in [1.807, 2.05) is 37.3 Å². The zero-order valence-corrected chi connectivity index (χ0v) is 25.6. The summed E-state index contributed by atoms with van der Waals surface area (Å²) >= 11 is 0. The second kappa shape index (κ2) is 14.4. The first-order valence-corrected chi connectivity index (χ1v) is 15.2. The van der Waals surface area contributed by atoms with Gasteiger partial charge in [0.2, 0.25) is 5.91 Å². The van der Waals surface area contributed by atoms with Crippen LogP contribution in [0.1, 0.15) is 88.3 Å². The van der Waals surface area contributed by atoms with Gasteiger partial charge in [-0.2, -0.15) is 0 Å². The van der Waals surface area contributed by atoms with E-state index >= 15 is 0 Å². The number of rotatable bonds is 11. The molecule has 1 aliphatic heterocycles. The quantitative estimate of drug-likeness (QED) is 0.301. The molecule has 1 aromatic heterocycles. The van der Waals surface area contributed by atoms with Crippen molar-refractivity contribution >= 4 is 23.9 Å². The number of esters is 1. The Labute approximate surface area is 253 Å². The third kappa shape index (κ3) is 9.49. The maximum atomic E-state index is 13.7. The summed E-state index contributed by atoms with van der Waals surface area (Å²) < 4.78 is 10.7. The van der Waals surface area contributed by atoms with Crippen molar-refractivity contribution in [3.63, 3.8) is 0 Å². The van der Waals surface area contributed by atoms with Crippen LogP contribution in [0.2, 0.25) is 0 Å². The van der Waals surface area contributed by atoms with Gasteiger partial charge < -0.3 is 24.6 Å². The highest BCUT2D eigenvalue weighted by molar-refractivity contribution is 5.96. The Bertz CT molecular complexity index is 1280. The lowest BCUT2D eigenvalue weighted by Gasteiger charge is -2.36. The SMILES string of the molecule is CCCCOC(=O)N1CCN(C(=O)C(CCC(=O)OC(C)(C)C)NC(=O)c2cc(C3CC3)nc(-c3ccccc3)n2)CC1. The van der Waals surface area contributed by atoms with Gasteiger partial charge in [0, 0.05) is 49.8 Å². The number of aromatic nitrogens is 2. The monoisotopic (exact) mass is 593 g/mol. The third-order valence-electron chi connectivity index (χ3n) is 7.24. The Kier molecular flexibility index (Phi) is 10.7. The zero-order valence-electron chi connectivity index (χ0n) is 25.6. The van der Waals surface area contributed by atoms with E-state index in [4.69, 9.17) is 14.5 Å². The highest BCUT2D eigenvalue weighted by atomic mass is 16.6. The van der Waals surface area contributed by atoms with E-state index in [0.29, 0.717) is 25.5 Å². The van der Waals surface area contributed by atoms with E-state index in [0.717, 1.165) is 36.9 Å². The van der Waals surface area contributed by atoms with Crippen LogP contribution in [0.5, 0.6) is 0 Å². The predicted molar refractivity (Wildman–Crippen MR) is 160 cm³/mol. The van der Waals surface area contributed by atoms with Gasteiger partial charge in [0.1, 0.15) is 17.3 Å². The Morgan fingerprint density at radius 2 is 1.67 bits per heavy atom. The van der Waals surface area contributed by atoms with Gasteiger partial charge in [-0.15, -0.1) is 0 Å². The Morgan fingerprint density at radius 3 is 2.30 bits per heavy atom.